The van der Waals surface area contributed by atoms with Crippen LogP contribution in [-0.4, -0.2) is 27.6 Å². The molecule has 6 heteroatoms. The molecule has 0 fully saturated rings. The first kappa shape index (κ1) is 40.7. The van der Waals surface area contributed by atoms with Crippen molar-refractivity contribution in [1.82, 2.24) is 19.5 Å². The number of aromatic nitrogens is 4. The number of para-hydroxylation sites is 2. The van der Waals surface area contributed by atoms with Crippen molar-refractivity contribution >= 4 is 82.1 Å². The quantitative estimate of drug-likeness (QED) is 0.107. The Morgan fingerprint density at radius 3 is 1.42 bits per heavy atom. The Balaban J connectivity index is 1.01. The van der Waals surface area contributed by atoms with E-state index >= 15 is 0 Å². The second kappa shape index (κ2) is 17.0. The molecular formula is C63H42N4SSi. The highest BCUT2D eigenvalue weighted by Gasteiger charge is 2.41. The van der Waals surface area contributed by atoms with E-state index in [1.165, 1.54) is 62.7 Å². The van der Waals surface area contributed by atoms with Crippen molar-refractivity contribution in [2.75, 3.05) is 0 Å². The molecule has 13 rings (SSSR count). The van der Waals surface area contributed by atoms with E-state index in [1.807, 2.05) is 11.3 Å². The highest BCUT2D eigenvalue weighted by molar-refractivity contribution is 7.25. The first-order chi connectivity index (χ1) is 34.2. The first-order valence-corrected chi connectivity index (χ1v) is 26.2. The average Bonchev–Trinajstić information content (AvgIpc) is 3.98. The van der Waals surface area contributed by atoms with E-state index in [-0.39, 0.29) is 0 Å². The zero-order valence-electron chi connectivity index (χ0n) is 37.4. The van der Waals surface area contributed by atoms with E-state index in [0.29, 0.717) is 17.5 Å². The van der Waals surface area contributed by atoms with Gasteiger partial charge in [-0.05, 0) is 80.4 Å². The van der Waals surface area contributed by atoms with Crippen LogP contribution in [0.1, 0.15) is 0 Å². The Labute approximate surface area is 405 Å². The SMILES string of the molecule is c1ccc([Si](c2ccccc2)(c2ccccc2)c2cccc(-c3nc(-c4ccc(-n5c6ccccc6c6ccccc65)cc4)nc(-c4ccccc4-c4ccc5c(c4)sc4ccccc45)n3)c2)cc1. The molecule has 0 aliphatic rings. The molecule has 0 saturated carbocycles. The number of nitrogens with zero attached hydrogens (tertiary/aromatic N) is 4. The van der Waals surface area contributed by atoms with Gasteiger partial charge < -0.3 is 4.57 Å². The zero-order chi connectivity index (χ0) is 45.7. The molecule has 0 amide bonds. The molecule has 3 heterocycles. The normalized spacial score (nSPS) is 11.8. The number of fused-ring (bicyclic) bond motifs is 6. The molecule has 0 saturated heterocycles. The Morgan fingerprint density at radius 1 is 0.304 bits per heavy atom. The Hall–Kier alpha value is -8.55. The van der Waals surface area contributed by atoms with Gasteiger partial charge in [0.15, 0.2) is 25.5 Å². The maximum atomic E-state index is 5.44. The summed E-state index contributed by atoms with van der Waals surface area (Å²) in [5.74, 6) is 1.85. The minimum atomic E-state index is -2.85. The van der Waals surface area contributed by atoms with Gasteiger partial charge in [0.05, 0.1) is 11.0 Å². The van der Waals surface area contributed by atoms with Crippen LogP contribution in [0.5, 0.6) is 0 Å². The second-order valence-corrected chi connectivity index (χ2v) is 22.4. The number of thiophene rings is 1. The summed E-state index contributed by atoms with van der Waals surface area (Å²) in [6, 6.07) is 92.0. The first-order valence-electron chi connectivity index (χ1n) is 23.3. The van der Waals surface area contributed by atoms with Crippen molar-refractivity contribution in [3.8, 4) is 51.0 Å². The Bertz CT molecular complexity index is 3860. The van der Waals surface area contributed by atoms with Crippen molar-refractivity contribution in [3.63, 3.8) is 0 Å². The molecule has 4 nitrogen and oxygen atoms in total. The summed E-state index contributed by atoms with van der Waals surface area (Å²) in [4.78, 5) is 16.2. The standard InChI is InChI=1S/C63H42N4SSi/c1-4-20-47(21-5-1)69(48-22-6-2-7-23-48,49-24-8-3-9-25-49)50-26-18-19-45(41-50)62-64-61(43-35-38-46(39-36-43)67-57-32-15-12-28-52(57)53-29-13-16-33-58(53)67)65-63(66-62)56-31-11-10-27-51(56)44-37-40-55-54-30-14-17-34-59(54)68-60(55)42-44/h1-42H. The summed E-state index contributed by atoms with van der Waals surface area (Å²) in [5.41, 5.74) is 8.39. The molecule has 324 valence electrons. The van der Waals surface area contributed by atoms with Gasteiger partial charge in [0.1, 0.15) is 0 Å². The smallest absolute Gasteiger partial charge is 0.179 e. The lowest BCUT2D eigenvalue weighted by Crippen LogP contribution is -2.74. The largest absolute Gasteiger partial charge is 0.309 e. The third-order valence-electron chi connectivity index (χ3n) is 13.6. The predicted octanol–water partition coefficient (Wildman–Crippen LogP) is 13.4. The van der Waals surface area contributed by atoms with Crippen molar-refractivity contribution in [2.45, 2.75) is 0 Å². The van der Waals surface area contributed by atoms with Crippen LogP contribution in [0.2, 0.25) is 0 Å². The van der Waals surface area contributed by atoms with Crippen molar-refractivity contribution < 1.29 is 0 Å². The summed E-state index contributed by atoms with van der Waals surface area (Å²) in [7, 11) is -2.85. The molecule has 69 heavy (non-hydrogen) atoms. The lowest BCUT2D eigenvalue weighted by Gasteiger charge is -2.34. The minimum absolute atomic E-state index is 0.613. The van der Waals surface area contributed by atoms with Crippen molar-refractivity contribution in [3.05, 3.63) is 255 Å². The highest BCUT2D eigenvalue weighted by Crippen LogP contribution is 2.39. The maximum absolute atomic E-state index is 5.44. The van der Waals surface area contributed by atoms with E-state index < -0.39 is 8.07 Å². The minimum Gasteiger partial charge on any atom is -0.309 e. The third kappa shape index (κ3) is 6.91. The molecule has 0 bridgehead atoms. The van der Waals surface area contributed by atoms with Gasteiger partial charge in [-0.25, -0.2) is 15.0 Å². The summed E-state index contributed by atoms with van der Waals surface area (Å²) < 4.78 is 4.88. The van der Waals surface area contributed by atoms with Gasteiger partial charge in [-0.2, -0.15) is 0 Å². The maximum Gasteiger partial charge on any atom is 0.179 e. The van der Waals surface area contributed by atoms with Crippen LogP contribution in [-0.2, 0) is 0 Å². The fourth-order valence-corrected chi connectivity index (χ4v) is 16.4. The number of rotatable bonds is 9. The van der Waals surface area contributed by atoms with E-state index in [9.17, 15) is 0 Å². The van der Waals surface area contributed by atoms with Crippen LogP contribution >= 0.6 is 11.3 Å². The highest BCUT2D eigenvalue weighted by atomic mass is 32.1. The topological polar surface area (TPSA) is 43.6 Å². The summed E-state index contributed by atoms with van der Waals surface area (Å²) >= 11 is 1.83. The Morgan fingerprint density at radius 2 is 0.783 bits per heavy atom. The molecule has 0 aliphatic carbocycles. The van der Waals surface area contributed by atoms with Gasteiger partial charge in [0.2, 0.25) is 0 Å². The summed E-state index contributed by atoms with van der Waals surface area (Å²) in [6.45, 7) is 0. The van der Waals surface area contributed by atoms with Gasteiger partial charge in [-0.3, -0.25) is 0 Å². The number of hydrogen-bond acceptors (Lipinski definition) is 4. The van der Waals surface area contributed by atoms with Crippen LogP contribution in [0.25, 0.3) is 93.0 Å². The lowest BCUT2D eigenvalue weighted by molar-refractivity contribution is 1.07. The fraction of sp³-hybridized carbons (Fsp3) is 0. The third-order valence-corrected chi connectivity index (χ3v) is 19.5. The molecule has 0 radical (unpaired) electrons. The molecule has 13 aromatic rings. The van der Waals surface area contributed by atoms with Crippen LogP contribution in [0.4, 0.5) is 0 Å². The van der Waals surface area contributed by atoms with Crippen LogP contribution in [0.15, 0.2) is 255 Å². The van der Waals surface area contributed by atoms with E-state index in [4.69, 9.17) is 15.0 Å². The van der Waals surface area contributed by atoms with Crippen LogP contribution in [0.3, 0.4) is 0 Å². The molecular weight excluding hydrogens is 873 g/mol. The van der Waals surface area contributed by atoms with E-state index in [2.05, 4.69) is 259 Å². The van der Waals surface area contributed by atoms with Crippen molar-refractivity contribution in [1.29, 1.82) is 0 Å². The monoisotopic (exact) mass is 914 g/mol. The van der Waals surface area contributed by atoms with Gasteiger partial charge >= 0.3 is 0 Å². The fourth-order valence-electron chi connectivity index (χ4n) is 10.5. The molecule has 0 N–H and O–H groups in total. The van der Waals surface area contributed by atoms with Gasteiger partial charge in [0, 0.05) is 53.3 Å². The number of hydrogen-bond donors (Lipinski definition) is 0. The zero-order valence-corrected chi connectivity index (χ0v) is 39.3. The molecule has 10 aromatic carbocycles. The predicted molar refractivity (Wildman–Crippen MR) is 292 cm³/mol. The van der Waals surface area contributed by atoms with Crippen molar-refractivity contribution in [2.24, 2.45) is 0 Å². The molecule has 0 atom stereocenters. The average molecular weight is 915 g/mol. The molecule has 3 aromatic heterocycles. The van der Waals surface area contributed by atoms with Gasteiger partial charge in [-0.15, -0.1) is 11.3 Å². The lowest BCUT2D eigenvalue weighted by atomic mass is 9.98. The van der Waals surface area contributed by atoms with Crippen LogP contribution < -0.4 is 20.7 Å². The molecule has 0 spiro atoms. The summed E-state index contributed by atoms with van der Waals surface area (Å²) in [6.07, 6.45) is 0. The second-order valence-electron chi connectivity index (χ2n) is 17.5. The number of benzene rings is 10. The summed E-state index contributed by atoms with van der Waals surface area (Å²) in [5, 5.41) is 10.2. The van der Waals surface area contributed by atoms with E-state index in [1.54, 1.807) is 0 Å². The Kier molecular flexibility index (Phi) is 10.00. The van der Waals surface area contributed by atoms with Gasteiger partial charge in [0.25, 0.3) is 0 Å². The van der Waals surface area contributed by atoms with Crippen LogP contribution in [0, 0.1) is 0 Å². The van der Waals surface area contributed by atoms with Gasteiger partial charge in [-0.1, -0.05) is 206 Å². The van der Waals surface area contributed by atoms with E-state index in [0.717, 1.165) is 33.5 Å². The molecule has 0 aliphatic heterocycles. The molecule has 0 unspecified atom stereocenters.